The number of nitrogens with one attached hydrogen (secondary N) is 1. The Morgan fingerprint density at radius 3 is 2.76 bits per heavy atom. The quantitative estimate of drug-likeness (QED) is 0.664. The maximum atomic E-state index is 12.5. The molecule has 0 radical (unpaired) electrons. The summed E-state index contributed by atoms with van der Waals surface area (Å²) in [7, 11) is 0. The van der Waals surface area contributed by atoms with Gasteiger partial charge in [-0.3, -0.25) is 4.79 Å². The fourth-order valence-corrected chi connectivity index (χ4v) is 4.35. The van der Waals surface area contributed by atoms with Crippen molar-refractivity contribution in [2.75, 3.05) is 5.32 Å². The Labute approximate surface area is 151 Å². The van der Waals surface area contributed by atoms with E-state index < -0.39 is 5.91 Å². The lowest BCUT2D eigenvalue weighted by Gasteiger charge is -2.17. The second-order valence-corrected chi connectivity index (χ2v) is 7.31. The number of hydrogen-bond donors (Lipinski definition) is 1. The largest absolute Gasteiger partial charge is 0.312 e. The summed E-state index contributed by atoms with van der Waals surface area (Å²) in [6.07, 6.45) is 4.42. The van der Waals surface area contributed by atoms with E-state index in [1.54, 1.807) is 6.08 Å². The highest BCUT2D eigenvalue weighted by atomic mass is 32.1. The molecule has 0 unspecified atom stereocenters. The van der Waals surface area contributed by atoms with Crippen LogP contribution in [0.5, 0.6) is 0 Å². The third-order valence-electron chi connectivity index (χ3n) is 4.33. The summed E-state index contributed by atoms with van der Waals surface area (Å²) in [6.45, 7) is 2.20. The van der Waals surface area contributed by atoms with Gasteiger partial charge in [-0.2, -0.15) is 10.5 Å². The molecule has 1 aliphatic rings. The summed E-state index contributed by atoms with van der Waals surface area (Å²) in [5.74, 6) is 0.114. The zero-order chi connectivity index (χ0) is 17.8. The molecule has 124 valence electrons. The summed E-state index contributed by atoms with van der Waals surface area (Å²) < 4.78 is 0. The number of carbonyl (C=O) groups is 1. The van der Waals surface area contributed by atoms with Crippen LogP contribution in [0.3, 0.4) is 0 Å². The van der Waals surface area contributed by atoms with Crippen molar-refractivity contribution in [2.24, 2.45) is 5.92 Å². The van der Waals surface area contributed by atoms with Crippen molar-refractivity contribution in [3.8, 4) is 12.1 Å². The minimum Gasteiger partial charge on any atom is -0.312 e. The molecule has 0 saturated heterocycles. The van der Waals surface area contributed by atoms with Gasteiger partial charge in [-0.05, 0) is 42.4 Å². The second kappa shape index (κ2) is 7.34. The Bertz CT molecular complexity index is 913. The molecule has 2 aromatic rings. The highest BCUT2D eigenvalue weighted by molar-refractivity contribution is 7.16. The van der Waals surface area contributed by atoms with E-state index in [-0.39, 0.29) is 5.57 Å². The van der Waals surface area contributed by atoms with Gasteiger partial charge >= 0.3 is 0 Å². The molecule has 0 bridgehead atoms. The van der Waals surface area contributed by atoms with Gasteiger partial charge in [-0.1, -0.05) is 37.3 Å². The highest BCUT2D eigenvalue weighted by Gasteiger charge is 2.25. The van der Waals surface area contributed by atoms with Crippen LogP contribution < -0.4 is 5.32 Å². The number of nitrogens with zero attached hydrogens (tertiary/aromatic N) is 2. The van der Waals surface area contributed by atoms with Gasteiger partial charge < -0.3 is 5.32 Å². The monoisotopic (exact) mass is 347 g/mol. The molecule has 1 N–H and O–H groups in total. The number of thiophene rings is 1. The van der Waals surface area contributed by atoms with Crippen molar-refractivity contribution >= 4 is 28.3 Å². The predicted molar refractivity (Wildman–Crippen MR) is 98.9 cm³/mol. The SMILES string of the molecule is C[C@@H]1CCc2c(sc(NC(=O)/C(C#N)=C/c3ccccc3)c2C#N)C1. The van der Waals surface area contributed by atoms with Crippen LogP contribution >= 0.6 is 11.3 Å². The van der Waals surface area contributed by atoms with E-state index in [1.165, 1.54) is 16.2 Å². The van der Waals surface area contributed by atoms with E-state index in [9.17, 15) is 15.3 Å². The Kier molecular flexibility index (Phi) is 4.97. The van der Waals surface area contributed by atoms with Crippen molar-refractivity contribution in [2.45, 2.75) is 26.2 Å². The number of fused-ring (bicyclic) bond motifs is 1. The molecule has 25 heavy (non-hydrogen) atoms. The Morgan fingerprint density at radius 1 is 1.32 bits per heavy atom. The van der Waals surface area contributed by atoms with E-state index in [0.717, 1.165) is 30.4 Å². The zero-order valence-corrected chi connectivity index (χ0v) is 14.7. The Morgan fingerprint density at radius 2 is 2.08 bits per heavy atom. The summed E-state index contributed by atoms with van der Waals surface area (Å²) in [5, 5.41) is 22.1. The van der Waals surface area contributed by atoms with Gasteiger partial charge in [0.1, 0.15) is 22.7 Å². The summed E-state index contributed by atoms with van der Waals surface area (Å²) in [6, 6.07) is 13.4. The van der Waals surface area contributed by atoms with Crippen molar-refractivity contribution in [1.82, 2.24) is 0 Å². The number of benzene rings is 1. The van der Waals surface area contributed by atoms with Crippen LogP contribution in [0.25, 0.3) is 6.08 Å². The number of nitriles is 2. The zero-order valence-electron chi connectivity index (χ0n) is 13.9. The first-order valence-electron chi connectivity index (χ1n) is 8.15. The smallest absolute Gasteiger partial charge is 0.266 e. The molecule has 5 heteroatoms. The van der Waals surface area contributed by atoms with Gasteiger partial charge in [0.05, 0.1) is 5.56 Å². The molecule has 1 aliphatic carbocycles. The fourth-order valence-electron chi connectivity index (χ4n) is 2.99. The molecule has 1 aromatic heterocycles. The molecule has 1 heterocycles. The standard InChI is InChI=1S/C20H17N3OS/c1-13-7-8-16-17(12-22)20(25-18(16)9-13)23-19(24)15(11-21)10-14-5-3-2-4-6-14/h2-6,10,13H,7-9H2,1H3,(H,23,24)/b15-10+/t13-/m1/s1. The molecule has 0 saturated carbocycles. The maximum absolute atomic E-state index is 12.5. The fraction of sp³-hybridized carbons (Fsp3) is 0.250. The third-order valence-corrected chi connectivity index (χ3v) is 5.50. The number of carbonyl (C=O) groups excluding carboxylic acids is 1. The molecule has 0 fully saturated rings. The Balaban J connectivity index is 1.87. The molecule has 4 nitrogen and oxygen atoms in total. The lowest BCUT2D eigenvalue weighted by molar-refractivity contribution is -0.112. The molecular formula is C20H17N3OS. The average molecular weight is 347 g/mol. The normalized spacial score (nSPS) is 16.4. The van der Waals surface area contributed by atoms with Gasteiger partial charge in [0.2, 0.25) is 0 Å². The van der Waals surface area contributed by atoms with Gasteiger partial charge in [-0.25, -0.2) is 0 Å². The molecule has 1 aromatic carbocycles. The van der Waals surface area contributed by atoms with Crippen LogP contribution in [-0.4, -0.2) is 5.91 Å². The van der Waals surface area contributed by atoms with Crippen LogP contribution in [0.4, 0.5) is 5.00 Å². The van der Waals surface area contributed by atoms with Crippen molar-refractivity contribution in [1.29, 1.82) is 10.5 Å². The lowest BCUT2D eigenvalue weighted by atomic mass is 9.88. The molecular weight excluding hydrogens is 330 g/mol. The van der Waals surface area contributed by atoms with E-state index in [0.29, 0.717) is 16.5 Å². The van der Waals surface area contributed by atoms with Gasteiger partial charge in [0.25, 0.3) is 5.91 Å². The minimum atomic E-state index is -0.477. The first-order chi connectivity index (χ1) is 12.1. The number of anilines is 1. The van der Waals surface area contributed by atoms with Gasteiger partial charge in [-0.15, -0.1) is 11.3 Å². The van der Waals surface area contributed by atoms with Gasteiger partial charge in [0, 0.05) is 4.88 Å². The highest BCUT2D eigenvalue weighted by Crippen LogP contribution is 2.39. The van der Waals surface area contributed by atoms with Crippen molar-refractivity contribution in [3.05, 3.63) is 57.5 Å². The van der Waals surface area contributed by atoms with Crippen molar-refractivity contribution in [3.63, 3.8) is 0 Å². The predicted octanol–water partition coefficient (Wildman–Crippen LogP) is 4.29. The molecule has 1 amide bonds. The van der Waals surface area contributed by atoms with E-state index in [4.69, 9.17) is 0 Å². The summed E-state index contributed by atoms with van der Waals surface area (Å²) in [4.78, 5) is 13.7. The van der Waals surface area contributed by atoms with Crippen LogP contribution in [0.1, 0.15) is 34.9 Å². The van der Waals surface area contributed by atoms with Crippen molar-refractivity contribution < 1.29 is 4.79 Å². The maximum Gasteiger partial charge on any atom is 0.266 e. The topological polar surface area (TPSA) is 76.7 Å². The third kappa shape index (κ3) is 3.63. The van der Waals surface area contributed by atoms with Crippen LogP contribution in [0, 0.1) is 28.6 Å². The Hall–Kier alpha value is -2.89. The van der Waals surface area contributed by atoms with E-state index in [2.05, 4.69) is 18.3 Å². The molecule has 0 aliphatic heterocycles. The molecule has 1 atom stereocenters. The summed E-state index contributed by atoms with van der Waals surface area (Å²) >= 11 is 1.46. The van der Waals surface area contributed by atoms with Gasteiger partial charge in [0.15, 0.2) is 0 Å². The summed E-state index contributed by atoms with van der Waals surface area (Å²) in [5.41, 5.74) is 2.42. The number of amides is 1. The first-order valence-corrected chi connectivity index (χ1v) is 8.97. The molecule has 0 spiro atoms. The van der Waals surface area contributed by atoms with Crippen LogP contribution in [0.2, 0.25) is 0 Å². The first kappa shape index (κ1) is 17.0. The minimum absolute atomic E-state index is 0.0230. The van der Waals surface area contributed by atoms with E-state index in [1.807, 2.05) is 36.4 Å². The van der Waals surface area contributed by atoms with Crippen LogP contribution in [-0.2, 0) is 17.6 Å². The van der Waals surface area contributed by atoms with E-state index >= 15 is 0 Å². The lowest BCUT2D eigenvalue weighted by Crippen LogP contribution is -2.13. The average Bonchev–Trinajstić information content (AvgIpc) is 2.96. The number of hydrogen-bond acceptors (Lipinski definition) is 4. The van der Waals surface area contributed by atoms with Crippen LogP contribution in [0.15, 0.2) is 35.9 Å². The second-order valence-electron chi connectivity index (χ2n) is 6.20. The number of rotatable bonds is 3. The molecule has 3 rings (SSSR count).